The third-order valence-electron chi connectivity index (χ3n) is 4.61. The van der Waals surface area contributed by atoms with Gasteiger partial charge in [-0.3, -0.25) is 9.88 Å². The molecule has 0 amide bonds. The minimum atomic E-state index is -0.637. The molecule has 0 radical (unpaired) electrons. The number of hydrogen-bond donors (Lipinski definition) is 2. The zero-order valence-electron chi connectivity index (χ0n) is 13.6. The number of aromatic nitrogens is 2. The van der Waals surface area contributed by atoms with Crippen molar-refractivity contribution in [1.29, 1.82) is 5.26 Å². The fourth-order valence-electron chi connectivity index (χ4n) is 3.46. The number of nitrogens with one attached hydrogen (secondary N) is 1. The molecule has 0 saturated carbocycles. The van der Waals surface area contributed by atoms with Gasteiger partial charge >= 0.3 is 0 Å². The van der Waals surface area contributed by atoms with Gasteiger partial charge < -0.3 is 11.1 Å². The standard InChI is InChI=1S/C18H18N6S/c19-12-13-14(20)11-18(17-22-7-10-25-17,24-8-3-4-9-24)23-16(13)15-5-1-2-6-21-15/h1-2,5-7,10-11,23H,3-4,8-9,20H2. The molecule has 7 heteroatoms. The fourth-order valence-corrected chi connectivity index (χ4v) is 4.25. The van der Waals surface area contributed by atoms with Gasteiger partial charge in [0.05, 0.1) is 17.1 Å². The summed E-state index contributed by atoms with van der Waals surface area (Å²) in [7, 11) is 0. The molecule has 4 heterocycles. The zero-order valence-corrected chi connectivity index (χ0v) is 14.5. The topological polar surface area (TPSA) is 90.9 Å². The Bertz CT molecular complexity index is 859. The van der Waals surface area contributed by atoms with Crippen LogP contribution in [0.4, 0.5) is 0 Å². The van der Waals surface area contributed by atoms with E-state index in [2.05, 4.69) is 26.3 Å². The van der Waals surface area contributed by atoms with Crippen molar-refractivity contribution in [1.82, 2.24) is 20.2 Å². The Labute approximate surface area is 150 Å². The number of pyridine rings is 1. The average Bonchev–Trinajstić information content (AvgIpc) is 3.36. The Hall–Kier alpha value is -2.69. The maximum Gasteiger partial charge on any atom is 0.166 e. The quantitative estimate of drug-likeness (QED) is 0.881. The summed E-state index contributed by atoms with van der Waals surface area (Å²) in [5, 5.41) is 16.1. The molecule has 2 aromatic rings. The first kappa shape index (κ1) is 15.8. The molecule has 6 nitrogen and oxygen atoms in total. The maximum atomic E-state index is 9.64. The third kappa shape index (κ3) is 2.60. The SMILES string of the molecule is N#CC1=C(c2ccccn2)NC(c2nccs2)(N2CCCC2)C=C1N. The second-order valence-corrected chi connectivity index (χ2v) is 6.99. The summed E-state index contributed by atoms with van der Waals surface area (Å²) in [5.41, 5.74) is 7.94. The van der Waals surface area contributed by atoms with Crippen molar-refractivity contribution in [2.45, 2.75) is 18.5 Å². The molecule has 1 unspecified atom stereocenters. The number of nitrogens with zero attached hydrogens (tertiary/aromatic N) is 4. The summed E-state index contributed by atoms with van der Waals surface area (Å²) in [5.74, 6) is 0. The van der Waals surface area contributed by atoms with Gasteiger partial charge in [-0.05, 0) is 31.1 Å². The molecule has 0 spiro atoms. The van der Waals surface area contributed by atoms with Gasteiger partial charge in [0.1, 0.15) is 16.6 Å². The third-order valence-corrected chi connectivity index (χ3v) is 5.51. The molecule has 1 fully saturated rings. The summed E-state index contributed by atoms with van der Waals surface area (Å²) in [6, 6.07) is 7.87. The summed E-state index contributed by atoms with van der Waals surface area (Å²) in [4.78, 5) is 11.3. The van der Waals surface area contributed by atoms with Crippen molar-refractivity contribution in [3.8, 4) is 6.07 Å². The van der Waals surface area contributed by atoms with E-state index >= 15 is 0 Å². The van der Waals surface area contributed by atoms with Crippen LogP contribution < -0.4 is 11.1 Å². The summed E-state index contributed by atoms with van der Waals surface area (Å²) < 4.78 is 0. The number of thiazole rings is 1. The van der Waals surface area contributed by atoms with Crippen molar-refractivity contribution in [2.24, 2.45) is 5.73 Å². The summed E-state index contributed by atoms with van der Waals surface area (Å²) in [6.07, 6.45) is 7.72. The molecule has 126 valence electrons. The molecule has 1 atom stereocenters. The number of nitriles is 1. The van der Waals surface area contributed by atoms with E-state index < -0.39 is 5.66 Å². The summed E-state index contributed by atoms with van der Waals surface area (Å²) >= 11 is 1.58. The second kappa shape index (κ2) is 6.31. The molecule has 2 aliphatic rings. The van der Waals surface area contributed by atoms with Crippen LogP contribution in [0.15, 0.2) is 53.3 Å². The van der Waals surface area contributed by atoms with E-state index in [4.69, 9.17) is 5.73 Å². The lowest BCUT2D eigenvalue weighted by molar-refractivity contribution is 0.143. The van der Waals surface area contributed by atoms with Crippen LogP contribution in [0.5, 0.6) is 0 Å². The van der Waals surface area contributed by atoms with Gasteiger partial charge in [0, 0.05) is 30.9 Å². The lowest BCUT2D eigenvalue weighted by atomic mass is 9.96. The highest BCUT2D eigenvalue weighted by Crippen LogP contribution is 2.39. The number of allylic oxidation sites excluding steroid dienone is 1. The number of nitrogens with two attached hydrogens (primary N) is 1. The first-order chi connectivity index (χ1) is 12.2. The van der Waals surface area contributed by atoms with Gasteiger partial charge in [0.15, 0.2) is 5.66 Å². The highest BCUT2D eigenvalue weighted by Gasteiger charge is 2.44. The van der Waals surface area contributed by atoms with Gasteiger partial charge in [-0.2, -0.15) is 5.26 Å². The van der Waals surface area contributed by atoms with E-state index in [9.17, 15) is 5.26 Å². The minimum Gasteiger partial charge on any atom is -0.398 e. The van der Waals surface area contributed by atoms with E-state index in [0.29, 0.717) is 22.7 Å². The Morgan fingerprint density at radius 2 is 2.08 bits per heavy atom. The van der Waals surface area contributed by atoms with Gasteiger partial charge in [0.25, 0.3) is 0 Å². The Kier molecular flexibility index (Phi) is 3.99. The first-order valence-electron chi connectivity index (χ1n) is 8.22. The van der Waals surface area contributed by atoms with Crippen LogP contribution in [-0.4, -0.2) is 28.0 Å². The largest absolute Gasteiger partial charge is 0.398 e. The highest BCUT2D eigenvalue weighted by atomic mass is 32.1. The molecule has 0 aliphatic carbocycles. The van der Waals surface area contributed by atoms with Gasteiger partial charge in [-0.15, -0.1) is 11.3 Å². The average molecular weight is 350 g/mol. The monoisotopic (exact) mass is 350 g/mol. The number of rotatable bonds is 3. The lowest BCUT2D eigenvalue weighted by Gasteiger charge is -2.42. The Morgan fingerprint density at radius 1 is 1.24 bits per heavy atom. The van der Waals surface area contributed by atoms with Crippen LogP contribution in [0, 0.1) is 11.3 Å². The van der Waals surface area contributed by atoms with Crippen molar-refractivity contribution < 1.29 is 0 Å². The van der Waals surface area contributed by atoms with Crippen LogP contribution in [0.25, 0.3) is 5.70 Å². The van der Waals surface area contributed by atoms with E-state index in [0.717, 1.165) is 30.9 Å². The smallest absolute Gasteiger partial charge is 0.166 e. The molecule has 4 rings (SSSR count). The maximum absolute atomic E-state index is 9.64. The number of dihydropyridines is 1. The van der Waals surface area contributed by atoms with Crippen LogP contribution in [0.2, 0.25) is 0 Å². The molecule has 0 aromatic carbocycles. The predicted octanol–water partition coefficient (Wildman–Crippen LogP) is 2.17. The van der Waals surface area contributed by atoms with Gasteiger partial charge in [-0.25, -0.2) is 4.98 Å². The molecule has 25 heavy (non-hydrogen) atoms. The van der Waals surface area contributed by atoms with Crippen molar-refractivity contribution >= 4 is 17.0 Å². The van der Waals surface area contributed by atoms with Gasteiger partial charge in [0.2, 0.25) is 0 Å². The summed E-state index contributed by atoms with van der Waals surface area (Å²) in [6.45, 7) is 1.90. The number of hydrogen-bond acceptors (Lipinski definition) is 7. The highest BCUT2D eigenvalue weighted by molar-refractivity contribution is 7.09. The first-order valence-corrected chi connectivity index (χ1v) is 9.10. The number of likely N-dealkylation sites (tertiary alicyclic amines) is 1. The molecule has 2 aromatic heterocycles. The Morgan fingerprint density at radius 3 is 2.72 bits per heavy atom. The van der Waals surface area contributed by atoms with E-state index in [1.807, 2.05) is 29.7 Å². The second-order valence-electron chi connectivity index (χ2n) is 6.10. The minimum absolute atomic E-state index is 0.421. The van der Waals surface area contributed by atoms with E-state index in [1.165, 1.54) is 0 Å². The van der Waals surface area contributed by atoms with Crippen molar-refractivity contribution in [3.05, 3.63) is 64.0 Å². The van der Waals surface area contributed by atoms with Crippen LogP contribution >= 0.6 is 11.3 Å². The van der Waals surface area contributed by atoms with Gasteiger partial charge in [-0.1, -0.05) is 6.07 Å². The van der Waals surface area contributed by atoms with E-state index in [1.54, 1.807) is 23.7 Å². The zero-order chi connectivity index (χ0) is 17.3. The van der Waals surface area contributed by atoms with Crippen LogP contribution in [-0.2, 0) is 5.66 Å². The van der Waals surface area contributed by atoms with Crippen LogP contribution in [0.3, 0.4) is 0 Å². The fraction of sp³-hybridized carbons (Fsp3) is 0.278. The lowest BCUT2D eigenvalue weighted by Crippen LogP contribution is -2.55. The molecule has 0 bridgehead atoms. The van der Waals surface area contributed by atoms with E-state index in [-0.39, 0.29) is 0 Å². The van der Waals surface area contributed by atoms with Crippen molar-refractivity contribution in [2.75, 3.05) is 13.1 Å². The molecular weight excluding hydrogens is 332 g/mol. The molecular formula is C18H18N6S. The van der Waals surface area contributed by atoms with Crippen molar-refractivity contribution in [3.63, 3.8) is 0 Å². The predicted molar refractivity (Wildman–Crippen MR) is 96.8 cm³/mol. The normalized spacial score (nSPS) is 23.9. The van der Waals surface area contributed by atoms with Crippen LogP contribution in [0.1, 0.15) is 23.5 Å². The Balaban J connectivity index is 1.89. The molecule has 1 saturated heterocycles. The molecule has 2 aliphatic heterocycles. The molecule has 3 N–H and O–H groups in total.